The molecular formula is C44H71N5O12. The van der Waals surface area contributed by atoms with E-state index in [4.69, 9.17) is 14.2 Å². The third-order valence-corrected chi connectivity index (χ3v) is 8.54. The van der Waals surface area contributed by atoms with E-state index >= 15 is 0 Å². The number of hydrogen-bond acceptors (Lipinski definition) is 11. The number of benzene rings is 1. The van der Waals surface area contributed by atoms with Crippen molar-refractivity contribution in [3.8, 4) is 0 Å². The van der Waals surface area contributed by atoms with Crippen LogP contribution in [0, 0.1) is 18.3 Å². The molecule has 61 heavy (non-hydrogen) atoms. The molecule has 17 nitrogen and oxygen atoms in total. The quantitative estimate of drug-likeness (QED) is 0.0838. The molecule has 6 N–H and O–H groups in total. The van der Waals surface area contributed by atoms with E-state index in [0.29, 0.717) is 5.56 Å². The number of carboxylic acid groups (broad SMARTS) is 1. The van der Waals surface area contributed by atoms with Gasteiger partial charge in [0.25, 0.3) is 0 Å². The summed E-state index contributed by atoms with van der Waals surface area (Å²) in [6, 6.07) is 0.0917. The van der Waals surface area contributed by atoms with Crippen molar-refractivity contribution in [1.29, 1.82) is 0 Å². The Morgan fingerprint density at radius 1 is 0.590 bits per heavy atom. The summed E-state index contributed by atoms with van der Waals surface area (Å²) in [5.74, 6) is -6.30. The van der Waals surface area contributed by atoms with Crippen molar-refractivity contribution >= 4 is 47.6 Å². The molecule has 1 rings (SSSR count). The van der Waals surface area contributed by atoms with Crippen molar-refractivity contribution in [3.05, 3.63) is 35.4 Å². The lowest BCUT2D eigenvalue weighted by molar-refractivity contribution is -0.156. The van der Waals surface area contributed by atoms with Crippen molar-refractivity contribution in [1.82, 2.24) is 26.6 Å². The van der Waals surface area contributed by atoms with Gasteiger partial charge in [-0.15, -0.1) is 0 Å². The predicted octanol–water partition coefficient (Wildman–Crippen LogP) is 4.40. The molecule has 0 heterocycles. The van der Waals surface area contributed by atoms with Gasteiger partial charge in [0.15, 0.2) is 0 Å². The fourth-order valence-electron chi connectivity index (χ4n) is 5.81. The highest BCUT2D eigenvalue weighted by Crippen LogP contribution is 2.21. The first kappa shape index (κ1) is 53.8. The van der Waals surface area contributed by atoms with Gasteiger partial charge in [-0.1, -0.05) is 58.9 Å². The van der Waals surface area contributed by atoms with E-state index in [1.54, 1.807) is 101 Å². The van der Waals surface area contributed by atoms with Gasteiger partial charge in [0, 0.05) is 12.8 Å². The van der Waals surface area contributed by atoms with Crippen LogP contribution in [0.1, 0.15) is 134 Å². The average Bonchev–Trinajstić information content (AvgIpc) is 3.05. The van der Waals surface area contributed by atoms with Crippen molar-refractivity contribution in [2.24, 2.45) is 11.3 Å². The smallest absolute Gasteiger partial charge is 0.408 e. The Morgan fingerprint density at radius 3 is 1.56 bits per heavy atom. The van der Waals surface area contributed by atoms with Crippen LogP contribution in [0.15, 0.2) is 24.3 Å². The summed E-state index contributed by atoms with van der Waals surface area (Å²) in [6.07, 6.45) is -2.33. The van der Waals surface area contributed by atoms with E-state index in [9.17, 15) is 43.5 Å². The highest BCUT2D eigenvalue weighted by molar-refractivity contribution is 5.97. The number of nitrogens with one attached hydrogen (secondary N) is 5. The summed E-state index contributed by atoms with van der Waals surface area (Å²) in [7, 11) is 0. The van der Waals surface area contributed by atoms with E-state index < -0.39 is 106 Å². The fourth-order valence-corrected chi connectivity index (χ4v) is 5.81. The van der Waals surface area contributed by atoms with Crippen LogP contribution in [-0.2, 0) is 54.2 Å². The van der Waals surface area contributed by atoms with Gasteiger partial charge in [-0.05, 0) is 105 Å². The molecule has 5 amide bonds. The van der Waals surface area contributed by atoms with Crippen LogP contribution >= 0.6 is 0 Å². The molecule has 17 heteroatoms. The maximum atomic E-state index is 14.3. The Labute approximate surface area is 360 Å². The van der Waals surface area contributed by atoms with Crippen LogP contribution in [0.2, 0.25) is 0 Å². The molecule has 0 bridgehead atoms. The predicted molar refractivity (Wildman–Crippen MR) is 228 cm³/mol. The molecule has 1 aromatic carbocycles. The minimum Gasteiger partial charge on any atom is -0.480 e. The van der Waals surface area contributed by atoms with Crippen molar-refractivity contribution < 1.29 is 57.7 Å². The number of aliphatic carboxylic acids is 1. The molecule has 0 aromatic heterocycles. The number of rotatable bonds is 19. The van der Waals surface area contributed by atoms with Gasteiger partial charge in [-0.2, -0.15) is 0 Å². The second-order valence-corrected chi connectivity index (χ2v) is 19.7. The summed E-state index contributed by atoms with van der Waals surface area (Å²) in [4.78, 5) is 107. The summed E-state index contributed by atoms with van der Waals surface area (Å²) < 4.78 is 16.1. The van der Waals surface area contributed by atoms with Crippen LogP contribution in [0.25, 0.3) is 0 Å². The SMILES string of the molecule is Cc1ccccc1C[C@H](NC(=O)[C@H](CCC(=O)OC(C)(C)C)NC(=O)[C@H](CC(=O)OC(C)(C)C)NC(=O)OC(C)(C)C)C(=O)N[C@H](C(=O)N[C@@H](CC(C)C)C(=O)O)C(C)(C)C. The summed E-state index contributed by atoms with van der Waals surface area (Å²) in [5, 5.41) is 22.7. The van der Waals surface area contributed by atoms with E-state index in [0.717, 1.165) is 5.56 Å². The summed E-state index contributed by atoms with van der Waals surface area (Å²) >= 11 is 0. The molecular weight excluding hydrogens is 791 g/mol. The number of carbonyl (C=O) groups is 8. The molecule has 5 atom stereocenters. The van der Waals surface area contributed by atoms with Crippen LogP contribution < -0.4 is 26.6 Å². The number of ether oxygens (including phenoxy) is 3. The monoisotopic (exact) mass is 862 g/mol. The molecule has 1 aromatic rings. The van der Waals surface area contributed by atoms with Crippen molar-refractivity contribution in [2.75, 3.05) is 0 Å². The lowest BCUT2D eigenvalue weighted by atomic mass is 9.85. The van der Waals surface area contributed by atoms with Gasteiger partial charge in [0.1, 0.15) is 47.0 Å². The Hall–Kier alpha value is -5.22. The third kappa shape index (κ3) is 21.7. The Morgan fingerprint density at radius 2 is 1.07 bits per heavy atom. The number of esters is 2. The zero-order valence-electron chi connectivity index (χ0n) is 38.7. The minimum atomic E-state index is -1.61. The summed E-state index contributed by atoms with van der Waals surface area (Å²) in [6.45, 7) is 25.1. The molecule has 0 saturated heterocycles. The van der Waals surface area contributed by atoms with Gasteiger partial charge in [0.05, 0.1) is 6.42 Å². The number of hydrogen-bond donors (Lipinski definition) is 6. The molecule has 0 aliphatic rings. The van der Waals surface area contributed by atoms with E-state index in [1.807, 2.05) is 26.8 Å². The topological polar surface area (TPSA) is 245 Å². The van der Waals surface area contributed by atoms with Crippen LogP contribution in [0.4, 0.5) is 4.79 Å². The Kier molecular flexibility index (Phi) is 19.9. The van der Waals surface area contributed by atoms with Gasteiger partial charge in [-0.25, -0.2) is 9.59 Å². The van der Waals surface area contributed by atoms with E-state index in [1.165, 1.54) is 0 Å². The van der Waals surface area contributed by atoms with Gasteiger partial charge in [0.2, 0.25) is 23.6 Å². The molecule has 0 aliphatic heterocycles. The lowest BCUT2D eigenvalue weighted by Gasteiger charge is -2.33. The highest BCUT2D eigenvalue weighted by Gasteiger charge is 2.38. The number of carboxylic acids is 1. The Bertz CT molecular complexity index is 1690. The molecule has 0 fully saturated rings. The number of amides is 5. The molecule has 0 saturated carbocycles. The van der Waals surface area contributed by atoms with Crippen molar-refractivity contribution in [2.45, 2.75) is 183 Å². The molecule has 0 radical (unpaired) electrons. The van der Waals surface area contributed by atoms with E-state index in [2.05, 4.69) is 26.6 Å². The standard InChI is InChI=1S/C44H71N5O12/c1-25(2)22-31(39(56)57)47-38(55)34(41(4,5)6)49-37(54)29(23-27-19-17-16-18-26(27)3)46-35(52)28(20-21-32(50)59-42(7,8)9)45-36(53)30(24-33(51)60-43(10,11)12)48-40(58)61-44(13,14)15/h16-19,25,28-31,34H,20-24H2,1-15H3,(H,45,53)(H,46,52)(H,47,55)(H,48,58)(H,49,54)(H,56,57)/t28-,29-,30-,31-,34+/m0/s1. The highest BCUT2D eigenvalue weighted by atomic mass is 16.6. The molecule has 0 aliphatic carbocycles. The van der Waals surface area contributed by atoms with Crippen LogP contribution in [0.3, 0.4) is 0 Å². The van der Waals surface area contributed by atoms with Crippen LogP contribution in [-0.4, -0.2) is 99.7 Å². The third-order valence-electron chi connectivity index (χ3n) is 8.54. The minimum absolute atomic E-state index is 0.0674. The Balaban J connectivity index is 3.71. The summed E-state index contributed by atoms with van der Waals surface area (Å²) in [5.41, 5.74) is -2.28. The first-order valence-corrected chi connectivity index (χ1v) is 20.6. The number of aryl methyl sites for hydroxylation is 1. The molecule has 0 spiro atoms. The second kappa shape index (κ2) is 22.6. The normalized spacial score (nSPS) is 14.6. The number of carbonyl (C=O) groups excluding carboxylic acids is 7. The zero-order valence-corrected chi connectivity index (χ0v) is 38.7. The van der Waals surface area contributed by atoms with Gasteiger partial charge < -0.3 is 45.9 Å². The first-order valence-electron chi connectivity index (χ1n) is 20.6. The maximum absolute atomic E-state index is 14.3. The maximum Gasteiger partial charge on any atom is 0.408 e. The van der Waals surface area contributed by atoms with Crippen molar-refractivity contribution in [3.63, 3.8) is 0 Å². The zero-order chi connectivity index (χ0) is 47.3. The fraction of sp³-hybridized carbons (Fsp3) is 0.682. The molecule has 0 unspecified atom stereocenters. The largest absolute Gasteiger partial charge is 0.480 e. The van der Waals surface area contributed by atoms with E-state index in [-0.39, 0.29) is 31.6 Å². The molecule has 344 valence electrons. The van der Waals surface area contributed by atoms with Crippen LogP contribution in [0.5, 0.6) is 0 Å². The second-order valence-electron chi connectivity index (χ2n) is 19.7. The van der Waals surface area contributed by atoms with Gasteiger partial charge in [-0.3, -0.25) is 28.8 Å². The average molecular weight is 862 g/mol. The first-order chi connectivity index (χ1) is 27.7. The lowest BCUT2D eigenvalue weighted by Crippen LogP contribution is -2.61. The van der Waals surface area contributed by atoms with Gasteiger partial charge >= 0.3 is 24.0 Å². The number of alkyl carbamates (subject to hydrolysis) is 1.